The highest BCUT2D eigenvalue weighted by atomic mass is 16.6. The molecule has 1 atom stereocenters. The number of esters is 1. The normalized spacial score (nSPS) is 14.5. The van der Waals surface area contributed by atoms with Crippen molar-refractivity contribution in [3.05, 3.63) is 64.7 Å². The minimum atomic E-state index is -0.621. The Labute approximate surface area is 206 Å². The van der Waals surface area contributed by atoms with E-state index >= 15 is 0 Å². The molecule has 1 aliphatic carbocycles. The Morgan fingerprint density at radius 3 is 2.57 bits per heavy atom. The summed E-state index contributed by atoms with van der Waals surface area (Å²) in [5.74, 6) is 0.163. The van der Waals surface area contributed by atoms with Gasteiger partial charge in [0.2, 0.25) is 0 Å². The maximum absolute atomic E-state index is 13.4. The van der Waals surface area contributed by atoms with Crippen LogP contribution in [0.15, 0.2) is 53.5 Å². The van der Waals surface area contributed by atoms with E-state index in [4.69, 9.17) is 15.1 Å². The fraction of sp³-hybridized carbons (Fsp3) is 0.429. The van der Waals surface area contributed by atoms with Gasteiger partial charge in [-0.05, 0) is 76.3 Å². The minimum absolute atomic E-state index is 0.0544. The molecule has 1 fully saturated rings. The lowest BCUT2D eigenvalue weighted by atomic mass is 10.0. The van der Waals surface area contributed by atoms with Crippen molar-refractivity contribution in [2.75, 3.05) is 5.32 Å². The number of nitrogens with one attached hydrogen (secondary N) is 2. The van der Waals surface area contributed by atoms with Gasteiger partial charge in [-0.3, -0.25) is 14.6 Å². The summed E-state index contributed by atoms with van der Waals surface area (Å²) in [5.41, 5.74) is 3.13. The van der Waals surface area contributed by atoms with E-state index in [9.17, 15) is 9.59 Å². The number of ether oxygens (including phenoxy) is 1. The molecule has 2 N–H and O–H groups in total. The first-order valence-electron chi connectivity index (χ1n) is 12.3. The summed E-state index contributed by atoms with van der Waals surface area (Å²) in [5, 5.41) is 11.4. The number of aromatic nitrogens is 2. The van der Waals surface area contributed by atoms with Crippen LogP contribution >= 0.6 is 0 Å². The average molecular weight is 475 g/mol. The Hall–Kier alpha value is -3.48. The Morgan fingerprint density at radius 2 is 1.91 bits per heavy atom. The van der Waals surface area contributed by atoms with Crippen LogP contribution in [0.5, 0.6) is 0 Å². The minimum Gasteiger partial charge on any atom is -0.456 e. The molecule has 0 saturated heterocycles. The zero-order valence-electron chi connectivity index (χ0n) is 20.9. The van der Waals surface area contributed by atoms with Crippen molar-refractivity contribution in [1.29, 1.82) is 5.41 Å². The largest absolute Gasteiger partial charge is 0.456 e. The standard InChI is InChI=1S/C28H34N4O3/c1-18(17-22(29)27(34)35-28(2,3)4)30-21-13-11-20(12-14-21)25-23(15-10-19-8-9-19)31-24-7-5-6-16-32(24)26(25)33/h5-7,11-14,16,18-19,29-30H,8-10,15,17H2,1-4H3/t18-/m1/s1. The van der Waals surface area contributed by atoms with E-state index < -0.39 is 11.6 Å². The second kappa shape index (κ2) is 10.0. The molecule has 2 aromatic heterocycles. The smallest absolute Gasteiger partial charge is 0.352 e. The van der Waals surface area contributed by atoms with Crippen molar-refractivity contribution in [1.82, 2.24) is 9.38 Å². The van der Waals surface area contributed by atoms with Crippen molar-refractivity contribution in [3.8, 4) is 11.1 Å². The number of nitrogens with zero attached hydrogens (tertiary/aromatic N) is 2. The van der Waals surface area contributed by atoms with Crippen LogP contribution in [0.4, 0.5) is 5.69 Å². The molecule has 0 aliphatic heterocycles. The lowest BCUT2D eigenvalue weighted by Gasteiger charge is -2.21. The van der Waals surface area contributed by atoms with Crippen LogP contribution < -0.4 is 10.9 Å². The maximum Gasteiger partial charge on any atom is 0.352 e. The fourth-order valence-electron chi connectivity index (χ4n) is 4.15. The van der Waals surface area contributed by atoms with E-state index in [-0.39, 0.29) is 23.7 Å². The van der Waals surface area contributed by atoms with Gasteiger partial charge in [0.05, 0.1) is 11.3 Å². The summed E-state index contributed by atoms with van der Waals surface area (Å²) in [7, 11) is 0. The molecule has 7 heteroatoms. The van der Waals surface area contributed by atoms with Gasteiger partial charge in [-0.2, -0.15) is 0 Å². The Morgan fingerprint density at radius 1 is 1.20 bits per heavy atom. The molecule has 7 nitrogen and oxygen atoms in total. The monoisotopic (exact) mass is 474 g/mol. The molecule has 184 valence electrons. The Kier molecular flexibility index (Phi) is 7.05. The van der Waals surface area contributed by atoms with Gasteiger partial charge in [0.25, 0.3) is 5.56 Å². The van der Waals surface area contributed by atoms with Crippen LogP contribution in [0, 0.1) is 11.3 Å². The van der Waals surface area contributed by atoms with E-state index in [1.807, 2.05) is 49.4 Å². The van der Waals surface area contributed by atoms with Crippen molar-refractivity contribution in [2.24, 2.45) is 5.92 Å². The highest BCUT2D eigenvalue weighted by Crippen LogP contribution is 2.34. The topological polar surface area (TPSA) is 96.6 Å². The predicted molar refractivity (Wildman–Crippen MR) is 139 cm³/mol. The third-order valence-corrected chi connectivity index (χ3v) is 6.04. The molecule has 35 heavy (non-hydrogen) atoms. The number of fused-ring (bicyclic) bond motifs is 1. The molecule has 4 rings (SSSR count). The number of carbonyl (C=O) groups excluding carboxylic acids is 1. The number of hydrogen-bond acceptors (Lipinski definition) is 6. The van der Waals surface area contributed by atoms with Gasteiger partial charge < -0.3 is 10.1 Å². The van der Waals surface area contributed by atoms with Crippen molar-refractivity contribution < 1.29 is 9.53 Å². The Bertz CT molecular complexity index is 1280. The van der Waals surface area contributed by atoms with Gasteiger partial charge in [-0.15, -0.1) is 0 Å². The molecular weight excluding hydrogens is 440 g/mol. The summed E-state index contributed by atoms with van der Waals surface area (Å²) in [6, 6.07) is 13.2. The third-order valence-electron chi connectivity index (χ3n) is 6.04. The van der Waals surface area contributed by atoms with E-state index in [1.165, 1.54) is 12.8 Å². The number of carbonyl (C=O) groups is 1. The number of aryl methyl sites for hydroxylation is 1. The Balaban J connectivity index is 1.51. The summed E-state index contributed by atoms with van der Waals surface area (Å²) < 4.78 is 6.88. The van der Waals surface area contributed by atoms with Crippen LogP contribution in [0.25, 0.3) is 16.8 Å². The zero-order valence-corrected chi connectivity index (χ0v) is 20.9. The highest BCUT2D eigenvalue weighted by Gasteiger charge is 2.23. The fourth-order valence-corrected chi connectivity index (χ4v) is 4.15. The molecule has 1 aromatic carbocycles. The second-order valence-corrected chi connectivity index (χ2v) is 10.5. The predicted octanol–water partition coefficient (Wildman–Crippen LogP) is 5.26. The summed E-state index contributed by atoms with van der Waals surface area (Å²) in [6.45, 7) is 7.28. The maximum atomic E-state index is 13.4. The molecule has 0 unspecified atom stereocenters. The molecule has 1 saturated carbocycles. The van der Waals surface area contributed by atoms with Gasteiger partial charge in [-0.25, -0.2) is 9.78 Å². The molecule has 0 radical (unpaired) electrons. The van der Waals surface area contributed by atoms with Crippen LogP contribution in [-0.2, 0) is 16.0 Å². The van der Waals surface area contributed by atoms with Crippen molar-refractivity contribution in [2.45, 2.75) is 71.4 Å². The van der Waals surface area contributed by atoms with Crippen molar-refractivity contribution >= 4 is 23.0 Å². The molecule has 3 aromatic rings. The molecule has 2 heterocycles. The highest BCUT2D eigenvalue weighted by molar-refractivity contribution is 6.35. The van der Waals surface area contributed by atoms with Gasteiger partial charge in [-0.1, -0.05) is 31.0 Å². The molecule has 1 aliphatic rings. The summed E-state index contributed by atoms with van der Waals surface area (Å²) in [4.78, 5) is 30.3. The molecule has 0 amide bonds. The van der Waals surface area contributed by atoms with E-state index in [0.717, 1.165) is 35.7 Å². The van der Waals surface area contributed by atoms with Gasteiger partial charge in [0.15, 0.2) is 0 Å². The number of pyridine rings is 1. The van der Waals surface area contributed by atoms with Gasteiger partial charge in [0.1, 0.15) is 17.0 Å². The first kappa shape index (κ1) is 24.6. The first-order valence-corrected chi connectivity index (χ1v) is 12.3. The van der Waals surface area contributed by atoms with Gasteiger partial charge in [0, 0.05) is 24.3 Å². The molecule has 0 spiro atoms. The molecular formula is C28H34N4O3. The number of anilines is 1. The van der Waals surface area contributed by atoms with Crippen LogP contribution in [-0.4, -0.2) is 32.7 Å². The third kappa shape index (κ3) is 6.35. The summed E-state index contributed by atoms with van der Waals surface area (Å²) >= 11 is 0. The van der Waals surface area contributed by atoms with Crippen LogP contribution in [0.1, 0.15) is 59.1 Å². The van der Waals surface area contributed by atoms with Crippen LogP contribution in [0.2, 0.25) is 0 Å². The van der Waals surface area contributed by atoms with E-state index in [2.05, 4.69) is 5.32 Å². The second-order valence-electron chi connectivity index (χ2n) is 10.5. The zero-order chi connectivity index (χ0) is 25.2. The number of hydrogen-bond donors (Lipinski definition) is 2. The first-order chi connectivity index (χ1) is 16.6. The van der Waals surface area contributed by atoms with E-state index in [0.29, 0.717) is 11.2 Å². The average Bonchev–Trinajstić information content (AvgIpc) is 3.62. The van der Waals surface area contributed by atoms with Gasteiger partial charge >= 0.3 is 5.97 Å². The number of rotatable bonds is 9. The van der Waals surface area contributed by atoms with E-state index in [1.54, 1.807) is 31.4 Å². The summed E-state index contributed by atoms with van der Waals surface area (Å²) in [6.07, 6.45) is 6.40. The van der Waals surface area contributed by atoms with Crippen molar-refractivity contribution in [3.63, 3.8) is 0 Å². The molecule has 0 bridgehead atoms. The lowest BCUT2D eigenvalue weighted by Crippen LogP contribution is -2.31. The lowest BCUT2D eigenvalue weighted by molar-refractivity contribution is -0.146. The quantitative estimate of drug-likeness (QED) is 0.326. The SMILES string of the molecule is C[C@H](CC(=N)C(=O)OC(C)(C)C)Nc1ccc(-c2c(CCC3CC3)nc3ccccn3c2=O)cc1. The number of benzene rings is 1. The van der Waals surface area contributed by atoms with Crippen LogP contribution in [0.3, 0.4) is 0 Å².